The average molecular weight is 407 g/mol. The Labute approximate surface area is 143 Å². The monoisotopic (exact) mass is 405 g/mol. The average Bonchev–Trinajstić information content (AvgIpc) is 2.65. The first kappa shape index (κ1) is 16.9. The second-order valence-corrected chi connectivity index (χ2v) is 6.49. The fraction of sp³-hybridized carbons (Fsp3) is 0.154. The Bertz CT molecular complexity index is 683. The van der Waals surface area contributed by atoms with Gasteiger partial charge >= 0.3 is 5.97 Å². The lowest BCUT2D eigenvalue weighted by molar-refractivity contribution is -0.139. The molecule has 1 N–H and O–H groups in total. The molecule has 0 bridgehead atoms. The van der Waals surface area contributed by atoms with Crippen molar-refractivity contribution in [3.63, 3.8) is 0 Å². The zero-order chi connectivity index (χ0) is 16.4. The number of hydrogen-bond acceptors (Lipinski definition) is 5. The fourth-order valence-corrected chi connectivity index (χ4v) is 3.45. The summed E-state index contributed by atoms with van der Waals surface area (Å²) in [5, 5.41) is 8.46. The standard InChI is InChI=1S/C13H9BrClNO5S/c1-16-12(19)9(22-13(16)20)4-6-2-7(14)11(8(15)3-6)21-5-10(17)18/h2-4H,5H2,1H3,(H,17,18)/b9-4-. The van der Waals surface area contributed by atoms with E-state index in [2.05, 4.69) is 15.9 Å². The summed E-state index contributed by atoms with van der Waals surface area (Å²) in [6, 6.07) is 3.14. The number of hydrogen-bond donors (Lipinski definition) is 1. The summed E-state index contributed by atoms with van der Waals surface area (Å²) in [6.45, 7) is -0.521. The minimum absolute atomic E-state index is 0.192. The molecule has 0 atom stereocenters. The van der Waals surface area contributed by atoms with Gasteiger partial charge in [-0.05, 0) is 51.5 Å². The van der Waals surface area contributed by atoms with E-state index in [9.17, 15) is 14.4 Å². The number of carbonyl (C=O) groups excluding carboxylic acids is 2. The van der Waals surface area contributed by atoms with Crippen molar-refractivity contribution < 1.29 is 24.2 Å². The number of halogens is 2. The molecule has 1 aromatic rings. The van der Waals surface area contributed by atoms with Crippen molar-refractivity contribution >= 4 is 62.5 Å². The second kappa shape index (κ2) is 6.72. The van der Waals surface area contributed by atoms with Gasteiger partial charge in [-0.3, -0.25) is 14.5 Å². The van der Waals surface area contributed by atoms with E-state index in [0.717, 1.165) is 16.7 Å². The van der Waals surface area contributed by atoms with Gasteiger partial charge in [0.1, 0.15) is 0 Å². The summed E-state index contributed by atoms with van der Waals surface area (Å²) in [4.78, 5) is 35.1. The Morgan fingerprint density at radius 3 is 2.68 bits per heavy atom. The first-order chi connectivity index (χ1) is 10.3. The highest BCUT2D eigenvalue weighted by atomic mass is 79.9. The molecule has 1 aromatic carbocycles. The molecule has 1 saturated heterocycles. The number of benzene rings is 1. The van der Waals surface area contributed by atoms with Crippen LogP contribution >= 0.6 is 39.3 Å². The number of rotatable bonds is 4. The van der Waals surface area contributed by atoms with E-state index in [0.29, 0.717) is 10.0 Å². The van der Waals surface area contributed by atoms with E-state index in [1.165, 1.54) is 19.2 Å². The maximum atomic E-state index is 11.8. The minimum Gasteiger partial charge on any atom is -0.479 e. The van der Waals surface area contributed by atoms with Crippen LogP contribution in [-0.4, -0.2) is 40.8 Å². The van der Waals surface area contributed by atoms with Gasteiger partial charge in [0.2, 0.25) is 0 Å². The van der Waals surface area contributed by atoms with Gasteiger partial charge in [-0.1, -0.05) is 11.6 Å². The number of carboxylic acids is 1. The molecular weight excluding hydrogens is 398 g/mol. The van der Waals surface area contributed by atoms with Crippen LogP contribution in [0.2, 0.25) is 5.02 Å². The molecule has 2 rings (SSSR count). The number of likely N-dealkylation sites (N-methyl/N-ethyl adjacent to an activating group) is 1. The van der Waals surface area contributed by atoms with E-state index in [1.54, 1.807) is 6.07 Å². The second-order valence-electron chi connectivity index (χ2n) is 4.24. The molecule has 0 unspecified atom stereocenters. The maximum Gasteiger partial charge on any atom is 0.341 e. The Morgan fingerprint density at radius 1 is 1.50 bits per heavy atom. The van der Waals surface area contributed by atoms with Crippen molar-refractivity contribution in [3.05, 3.63) is 32.1 Å². The van der Waals surface area contributed by atoms with Crippen molar-refractivity contribution in [3.8, 4) is 5.75 Å². The van der Waals surface area contributed by atoms with E-state index < -0.39 is 12.6 Å². The van der Waals surface area contributed by atoms with Crippen molar-refractivity contribution in [2.24, 2.45) is 0 Å². The summed E-state index contributed by atoms with van der Waals surface area (Å²) >= 11 is 10.1. The van der Waals surface area contributed by atoms with E-state index in [-0.39, 0.29) is 26.8 Å². The Hall–Kier alpha value is -1.51. The molecule has 2 amide bonds. The lowest BCUT2D eigenvalue weighted by Crippen LogP contribution is -2.22. The van der Waals surface area contributed by atoms with Gasteiger partial charge in [-0.25, -0.2) is 4.79 Å². The molecule has 0 aliphatic carbocycles. The normalized spacial score (nSPS) is 16.5. The van der Waals surface area contributed by atoms with Crippen LogP contribution in [0.15, 0.2) is 21.5 Å². The zero-order valence-corrected chi connectivity index (χ0v) is 14.3. The highest BCUT2D eigenvalue weighted by molar-refractivity contribution is 9.10. The predicted octanol–water partition coefficient (Wildman–Crippen LogP) is 3.23. The summed E-state index contributed by atoms with van der Waals surface area (Å²) in [5.74, 6) is -1.30. The predicted molar refractivity (Wildman–Crippen MR) is 86.0 cm³/mol. The van der Waals surface area contributed by atoms with Crippen LogP contribution in [-0.2, 0) is 9.59 Å². The van der Waals surface area contributed by atoms with Crippen LogP contribution in [0.1, 0.15) is 5.56 Å². The van der Waals surface area contributed by atoms with Crippen LogP contribution in [0.5, 0.6) is 5.75 Å². The summed E-state index contributed by atoms with van der Waals surface area (Å²) in [7, 11) is 1.41. The van der Waals surface area contributed by atoms with Crippen molar-refractivity contribution in [2.45, 2.75) is 0 Å². The number of nitrogens with zero attached hydrogens (tertiary/aromatic N) is 1. The number of thioether (sulfide) groups is 1. The lowest BCUT2D eigenvalue weighted by Gasteiger charge is -2.09. The number of aliphatic carboxylic acids is 1. The lowest BCUT2D eigenvalue weighted by atomic mass is 10.2. The molecule has 0 spiro atoms. The quantitative estimate of drug-likeness (QED) is 0.773. The minimum atomic E-state index is -1.12. The molecule has 116 valence electrons. The summed E-state index contributed by atoms with van der Waals surface area (Å²) in [5.41, 5.74) is 0.582. The molecule has 1 fully saturated rings. The van der Waals surface area contributed by atoms with Crippen LogP contribution in [0.3, 0.4) is 0 Å². The van der Waals surface area contributed by atoms with E-state index >= 15 is 0 Å². The first-order valence-corrected chi connectivity index (χ1v) is 7.83. The molecule has 9 heteroatoms. The molecule has 0 saturated carbocycles. The van der Waals surface area contributed by atoms with Gasteiger partial charge in [0, 0.05) is 7.05 Å². The molecule has 1 aliphatic rings. The number of carboxylic acid groups (broad SMARTS) is 1. The molecular formula is C13H9BrClNO5S. The largest absolute Gasteiger partial charge is 0.479 e. The third-order valence-electron chi connectivity index (χ3n) is 2.64. The Kier molecular flexibility index (Phi) is 5.15. The topological polar surface area (TPSA) is 83.9 Å². The third kappa shape index (κ3) is 3.63. The third-order valence-corrected chi connectivity index (χ3v) is 4.48. The SMILES string of the molecule is CN1C(=O)S/C(=C\c2cc(Cl)c(OCC(=O)O)c(Br)c2)C1=O. The zero-order valence-electron chi connectivity index (χ0n) is 11.1. The molecule has 6 nitrogen and oxygen atoms in total. The highest BCUT2D eigenvalue weighted by Crippen LogP contribution is 2.37. The molecule has 0 radical (unpaired) electrons. The van der Waals surface area contributed by atoms with Crippen molar-refractivity contribution in [1.82, 2.24) is 4.90 Å². The van der Waals surface area contributed by atoms with Gasteiger partial charge in [0.15, 0.2) is 12.4 Å². The van der Waals surface area contributed by atoms with E-state index in [1.807, 2.05) is 0 Å². The number of imide groups is 1. The van der Waals surface area contributed by atoms with Crippen LogP contribution in [0.4, 0.5) is 4.79 Å². The smallest absolute Gasteiger partial charge is 0.341 e. The molecule has 1 aliphatic heterocycles. The summed E-state index contributed by atoms with van der Waals surface area (Å²) < 4.78 is 5.52. The maximum absolute atomic E-state index is 11.8. The van der Waals surface area contributed by atoms with Crippen LogP contribution in [0.25, 0.3) is 6.08 Å². The first-order valence-electron chi connectivity index (χ1n) is 5.85. The van der Waals surface area contributed by atoms with Crippen molar-refractivity contribution in [1.29, 1.82) is 0 Å². The summed E-state index contributed by atoms with van der Waals surface area (Å²) in [6.07, 6.45) is 1.53. The number of carbonyl (C=O) groups is 3. The Morgan fingerprint density at radius 2 is 2.18 bits per heavy atom. The molecule has 22 heavy (non-hydrogen) atoms. The van der Waals surface area contributed by atoms with Gasteiger partial charge in [-0.2, -0.15) is 0 Å². The van der Waals surface area contributed by atoms with Gasteiger partial charge in [0.05, 0.1) is 14.4 Å². The van der Waals surface area contributed by atoms with E-state index in [4.69, 9.17) is 21.4 Å². The van der Waals surface area contributed by atoms with Gasteiger partial charge in [0.25, 0.3) is 11.1 Å². The molecule has 1 heterocycles. The number of amides is 2. The Balaban J connectivity index is 2.29. The number of ether oxygens (including phenoxy) is 1. The van der Waals surface area contributed by atoms with Crippen LogP contribution in [0, 0.1) is 0 Å². The van der Waals surface area contributed by atoms with Gasteiger partial charge in [-0.15, -0.1) is 0 Å². The van der Waals surface area contributed by atoms with Crippen molar-refractivity contribution in [2.75, 3.05) is 13.7 Å². The van der Waals surface area contributed by atoms with Gasteiger partial charge < -0.3 is 9.84 Å². The highest BCUT2D eigenvalue weighted by Gasteiger charge is 2.31. The van der Waals surface area contributed by atoms with Crippen LogP contribution < -0.4 is 4.74 Å². The molecule has 0 aromatic heterocycles. The fourth-order valence-electron chi connectivity index (χ4n) is 1.63.